The van der Waals surface area contributed by atoms with Gasteiger partial charge in [0.2, 0.25) is 0 Å². The monoisotopic (exact) mass is 233 g/mol. The first-order valence-corrected chi connectivity index (χ1v) is 5.46. The van der Waals surface area contributed by atoms with E-state index in [1.165, 1.54) is 7.11 Å². The summed E-state index contributed by atoms with van der Waals surface area (Å²) >= 11 is 0. The second-order valence-electron chi connectivity index (χ2n) is 3.52. The van der Waals surface area contributed by atoms with Crippen LogP contribution in [0.5, 0.6) is 5.75 Å². The summed E-state index contributed by atoms with van der Waals surface area (Å²) in [7, 11) is 1.38. The molecule has 17 heavy (non-hydrogen) atoms. The number of hydrogen-bond donors (Lipinski definition) is 0. The zero-order chi connectivity index (χ0) is 12.5. The molecule has 1 aromatic carbocycles. The Hall–Kier alpha value is -2.02. The summed E-state index contributed by atoms with van der Waals surface area (Å²) < 4.78 is 9.99. The number of carbonyl (C=O) groups is 1. The highest BCUT2D eigenvalue weighted by Gasteiger charge is 2.00. The zero-order valence-corrected chi connectivity index (χ0v) is 9.81. The van der Waals surface area contributed by atoms with Crippen molar-refractivity contribution in [2.75, 3.05) is 13.7 Å². The van der Waals surface area contributed by atoms with Crippen LogP contribution in [0.4, 0.5) is 0 Å². The van der Waals surface area contributed by atoms with Crippen molar-refractivity contribution in [1.29, 1.82) is 5.26 Å². The molecule has 0 N–H and O–H groups in total. The topological polar surface area (TPSA) is 59.3 Å². The Kier molecular flexibility index (Phi) is 5.59. The van der Waals surface area contributed by atoms with E-state index < -0.39 is 0 Å². The molecular weight excluding hydrogens is 218 g/mol. The summed E-state index contributed by atoms with van der Waals surface area (Å²) in [4.78, 5) is 10.8. The van der Waals surface area contributed by atoms with Crippen molar-refractivity contribution in [2.24, 2.45) is 0 Å². The third-order valence-corrected chi connectivity index (χ3v) is 2.23. The van der Waals surface area contributed by atoms with Crippen LogP contribution >= 0.6 is 0 Å². The summed E-state index contributed by atoms with van der Waals surface area (Å²) in [5.41, 5.74) is 0.581. The largest absolute Gasteiger partial charge is 0.494 e. The SMILES string of the molecule is COC(=O)CCCCOc1cccc(C#N)c1. The maximum Gasteiger partial charge on any atom is 0.305 e. The molecule has 0 aromatic heterocycles. The molecule has 0 aliphatic heterocycles. The molecule has 4 heteroatoms. The van der Waals surface area contributed by atoms with E-state index in [1.54, 1.807) is 24.3 Å². The number of benzene rings is 1. The second-order valence-corrected chi connectivity index (χ2v) is 3.52. The van der Waals surface area contributed by atoms with E-state index in [-0.39, 0.29) is 5.97 Å². The van der Waals surface area contributed by atoms with Crippen molar-refractivity contribution in [3.63, 3.8) is 0 Å². The van der Waals surface area contributed by atoms with Crippen molar-refractivity contribution in [1.82, 2.24) is 0 Å². The van der Waals surface area contributed by atoms with Gasteiger partial charge in [-0.2, -0.15) is 5.26 Å². The fourth-order valence-electron chi connectivity index (χ4n) is 1.32. The van der Waals surface area contributed by atoms with Crippen LogP contribution in [0.3, 0.4) is 0 Å². The standard InChI is InChI=1S/C13H15NO3/c1-16-13(15)7-2-3-8-17-12-6-4-5-11(9-12)10-14/h4-6,9H,2-3,7-8H2,1H3. The highest BCUT2D eigenvalue weighted by molar-refractivity contribution is 5.68. The van der Waals surface area contributed by atoms with E-state index in [2.05, 4.69) is 10.8 Å². The van der Waals surface area contributed by atoms with E-state index in [1.807, 2.05) is 0 Å². The lowest BCUT2D eigenvalue weighted by Gasteiger charge is -2.05. The number of nitriles is 1. The molecule has 0 spiro atoms. The van der Waals surface area contributed by atoms with Gasteiger partial charge in [-0.15, -0.1) is 0 Å². The third-order valence-electron chi connectivity index (χ3n) is 2.23. The first-order valence-electron chi connectivity index (χ1n) is 5.46. The van der Waals surface area contributed by atoms with Crippen molar-refractivity contribution in [2.45, 2.75) is 19.3 Å². The van der Waals surface area contributed by atoms with Gasteiger partial charge in [-0.05, 0) is 31.0 Å². The molecule has 0 bridgehead atoms. The Balaban J connectivity index is 2.22. The third kappa shape index (κ3) is 5.03. The molecule has 90 valence electrons. The van der Waals surface area contributed by atoms with Gasteiger partial charge in [-0.1, -0.05) is 6.07 Å². The van der Waals surface area contributed by atoms with Crippen LogP contribution < -0.4 is 4.74 Å². The Morgan fingerprint density at radius 2 is 2.24 bits per heavy atom. The van der Waals surface area contributed by atoms with Crippen molar-refractivity contribution in [3.05, 3.63) is 29.8 Å². The molecule has 0 radical (unpaired) electrons. The smallest absolute Gasteiger partial charge is 0.305 e. The van der Waals surface area contributed by atoms with Crippen LogP contribution in [0.2, 0.25) is 0 Å². The predicted octanol–water partition coefficient (Wildman–Crippen LogP) is 2.28. The van der Waals surface area contributed by atoms with Gasteiger partial charge in [0.25, 0.3) is 0 Å². The van der Waals surface area contributed by atoms with Gasteiger partial charge in [-0.3, -0.25) is 4.79 Å². The summed E-state index contributed by atoms with van der Waals surface area (Å²) in [6, 6.07) is 9.06. The molecular formula is C13H15NO3. The van der Waals surface area contributed by atoms with Crippen molar-refractivity contribution in [3.8, 4) is 11.8 Å². The lowest BCUT2D eigenvalue weighted by molar-refractivity contribution is -0.140. The van der Waals surface area contributed by atoms with Gasteiger partial charge >= 0.3 is 5.97 Å². The lowest BCUT2D eigenvalue weighted by atomic mass is 10.2. The van der Waals surface area contributed by atoms with Crippen LogP contribution in [-0.4, -0.2) is 19.7 Å². The van der Waals surface area contributed by atoms with E-state index in [0.29, 0.717) is 24.3 Å². The quantitative estimate of drug-likeness (QED) is 0.558. The van der Waals surface area contributed by atoms with Gasteiger partial charge < -0.3 is 9.47 Å². The van der Waals surface area contributed by atoms with E-state index in [9.17, 15) is 4.79 Å². The van der Waals surface area contributed by atoms with Crippen LogP contribution in [0, 0.1) is 11.3 Å². The zero-order valence-electron chi connectivity index (χ0n) is 9.81. The minimum atomic E-state index is -0.198. The molecule has 0 fully saturated rings. The lowest BCUT2D eigenvalue weighted by Crippen LogP contribution is -2.02. The summed E-state index contributed by atoms with van der Waals surface area (Å²) in [5.74, 6) is 0.485. The maximum absolute atomic E-state index is 10.8. The Morgan fingerprint density at radius 3 is 2.94 bits per heavy atom. The highest BCUT2D eigenvalue weighted by Crippen LogP contribution is 2.13. The number of methoxy groups -OCH3 is 1. The minimum Gasteiger partial charge on any atom is -0.494 e. The molecule has 0 aliphatic rings. The molecule has 1 aromatic rings. The maximum atomic E-state index is 10.8. The van der Waals surface area contributed by atoms with E-state index in [4.69, 9.17) is 10.00 Å². The first-order chi connectivity index (χ1) is 8.26. The summed E-state index contributed by atoms with van der Waals surface area (Å²) in [6.45, 7) is 0.534. The molecule has 0 saturated heterocycles. The van der Waals surface area contributed by atoms with Gasteiger partial charge in [0.05, 0.1) is 25.3 Å². The molecule has 0 unspecified atom stereocenters. The minimum absolute atomic E-state index is 0.198. The van der Waals surface area contributed by atoms with Crippen LogP contribution in [-0.2, 0) is 9.53 Å². The van der Waals surface area contributed by atoms with Crippen molar-refractivity contribution >= 4 is 5.97 Å². The summed E-state index contributed by atoms with van der Waals surface area (Å²) in [6.07, 6.45) is 1.94. The van der Waals surface area contributed by atoms with Gasteiger partial charge in [0.1, 0.15) is 5.75 Å². The number of carbonyl (C=O) groups excluding carboxylic acids is 1. The van der Waals surface area contributed by atoms with Crippen LogP contribution in [0.1, 0.15) is 24.8 Å². The highest BCUT2D eigenvalue weighted by atomic mass is 16.5. The van der Waals surface area contributed by atoms with Crippen molar-refractivity contribution < 1.29 is 14.3 Å². The van der Waals surface area contributed by atoms with E-state index in [0.717, 1.165) is 12.8 Å². The number of hydrogen-bond acceptors (Lipinski definition) is 4. The number of nitrogens with zero attached hydrogens (tertiary/aromatic N) is 1. The molecule has 1 rings (SSSR count). The Bertz CT molecular complexity index is 409. The molecule has 0 atom stereocenters. The molecule has 0 aliphatic carbocycles. The molecule has 0 heterocycles. The summed E-state index contributed by atoms with van der Waals surface area (Å²) in [5, 5.41) is 8.70. The fraction of sp³-hybridized carbons (Fsp3) is 0.385. The molecule has 0 amide bonds. The van der Waals surface area contributed by atoms with Crippen LogP contribution in [0.25, 0.3) is 0 Å². The average Bonchev–Trinajstić information content (AvgIpc) is 2.38. The predicted molar refractivity (Wildman–Crippen MR) is 62.5 cm³/mol. The van der Waals surface area contributed by atoms with Gasteiger partial charge in [-0.25, -0.2) is 0 Å². The number of unbranched alkanes of at least 4 members (excludes halogenated alkanes) is 1. The Morgan fingerprint density at radius 1 is 1.41 bits per heavy atom. The fourth-order valence-corrected chi connectivity index (χ4v) is 1.32. The normalized spacial score (nSPS) is 9.41. The molecule has 0 saturated carbocycles. The van der Waals surface area contributed by atoms with Gasteiger partial charge in [0.15, 0.2) is 0 Å². The Labute approximate surface area is 101 Å². The van der Waals surface area contributed by atoms with E-state index >= 15 is 0 Å². The first kappa shape index (κ1) is 13.0. The number of rotatable bonds is 6. The van der Waals surface area contributed by atoms with Crippen LogP contribution in [0.15, 0.2) is 24.3 Å². The number of ether oxygens (including phenoxy) is 2. The number of esters is 1. The van der Waals surface area contributed by atoms with Gasteiger partial charge in [0, 0.05) is 6.42 Å². The molecule has 4 nitrogen and oxygen atoms in total. The second kappa shape index (κ2) is 7.29. The average molecular weight is 233 g/mol.